The number of hydrogen-bond donors (Lipinski definition) is 2. The number of likely N-dealkylation sites (tertiary alicyclic amines) is 1. The number of nitrogens with zero attached hydrogens (tertiary/aromatic N) is 1. The average Bonchev–Trinajstić information content (AvgIpc) is 3.46. The van der Waals surface area contributed by atoms with Crippen molar-refractivity contribution >= 4 is 17.4 Å². The molecule has 0 aliphatic carbocycles. The van der Waals surface area contributed by atoms with E-state index in [-0.39, 0.29) is 11.3 Å². The highest BCUT2D eigenvalue weighted by molar-refractivity contribution is 6.46. The normalized spacial score (nSPS) is 20.9. The molecule has 2 aliphatic heterocycles. The van der Waals surface area contributed by atoms with Gasteiger partial charge in [0.1, 0.15) is 30.7 Å². The molecule has 2 N–H and O–H groups in total. The molecular formula is C24H29N2O7+. The monoisotopic (exact) mass is 457 g/mol. The van der Waals surface area contributed by atoms with Crippen LogP contribution in [0.1, 0.15) is 23.8 Å². The molecule has 9 heteroatoms. The van der Waals surface area contributed by atoms with Gasteiger partial charge in [-0.15, -0.1) is 0 Å². The molecule has 0 unspecified atom stereocenters. The Hall–Kier alpha value is -3.30. The maximum atomic E-state index is 13.1. The molecule has 1 atom stereocenters. The maximum absolute atomic E-state index is 13.1. The Labute approximate surface area is 192 Å². The number of quaternary nitrogens is 1. The van der Waals surface area contributed by atoms with Crippen molar-refractivity contribution in [1.29, 1.82) is 0 Å². The quantitative estimate of drug-likeness (QED) is 0.347. The first-order valence-corrected chi connectivity index (χ1v) is 11.0. The number of Topliss-reactive ketones (excluding diaryl/α,β-unsaturated/α-hetero) is 1. The fourth-order valence-corrected chi connectivity index (χ4v) is 4.40. The van der Waals surface area contributed by atoms with Crippen molar-refractivity contribution in [3.63, 3.8) is 0 Å². The molecule has 0 radical (unpaired) electrons. The van der Waals surface area contributed by atoms with Gasteiger partial charge in [0, 0.05) is 18.5 Å². The van der Waals surface area contributed by atoms with E-state index in [1.807, 2.05) is 0 Å². The fraction of sp³-hybridized carbons (Fsp3) is 0.417. The van der Waals surface area contributed by atoms with Crippen LogP contribution in [0.2, 0.25) is 0 Å². The number of methoxy groups -OCH3 is 2. The molecular weight excluding hydrogens is 428 g/mol. The van der Waals surface area contributed by atoms with Crippen molar-refractivity contribution < 1.29 is 38.2 Å². The highest BCUT2D eigenvalue weighted by atomic mass is 16.5. The van der Waals surface area contributed by atoms with Gasteiger partial charge >= 0.3 is 0 Å². The van der Waals surface area contributed by atoms with Crippen LogP contribution in [-0.4, -0.2) is 75.3 Å². The lowest BCUT2D eigenvalue weighted by molar-refractivity contribution is -0.908. The first-order valence-electron chi connectivity index (χ1n) is 11.0. The van der Waals surface area contributed by atoms with Crippen LogP contribution in [0.25, 0.3) is 5.76 Å². The van der Waals surface area contributed by atoms with E-state index in [0.717, 1.165) is 39.3 Å². The number of nitrogens with one attached hydrogen (secondary N) is 1. The molecule has 33 heavy (non-hydrogen) atoms. The molecule has 0 saturated carbocycles. The number of ketones is 1. The highest BCUT2D eigenvalue weighted by Gasteiger charge is 2.47. The third-order valence-electron chi connectivity index (χ3n) is 6.14. The van der Waals surface area contributed by atoms with Gasteiger partial charge in [0.05, 0.1) is 45.8 Å². The predicted molar refractivity (Wildman–Crippen MR) is 118 cm³/mol. The van der Waals surface area contributed by atoms with Crippen molar-refractivity contribution in [3.8, 4) is 11.5 Å². The van der Waals surface area contributed by atoms with E-state index < -0.39 is 17.7 Å². The van der Waals surface area contributed by atoms with Gasteiger partial charge in [0.25, 0.3) is 11.7 Å². The van der Waals surface area contributed by atoms with Gasteiger partial charge in [-0.05, 0) is 30.3 Å². The lowest BCUT2D eigenvalue weighted by Gasteiger charge is -2.26. The minimum absolute atomic E-state index is 0.000823. The largest absolute Gasteiger partial charge is 0.507 e. The molecule has 1 aromatic heterocycles. The zero-order chi connectivity index (χ0) is 23.4. The van der Waals surface area contributed by atoms with Gasteiger partial charge in [-0.25, -0.2) is 0 Å². The maximum Gasteiger partial charge on any atom is 0.295 e. The molecule has 9 nitrogen and oxygen atoms in total. The fourth-order valence-electron chi connectivity index (χ4n) is 4.40. The van der Waals surface area contributed by atoms with Gasteiger partial charge < -0.3 is 33.5 Å². The summed E-state index contributed by atoms with van der Waals surface area (Å²) in [5, 5.41) is 11.1. The van der Waals surface area contributed by atoms with Crippen LogP contribution in [0.5, 0.6) is 11.5 Å². The first kappa shape index (κ1) is 22.9. The number of carbonyl (C=O) groups excluding carboxylic acids is 2. The summed E-state index contributed by atoms with van der Waals surface area (Å²) in [5.74, 6) is -0.341. The highest BCUT2D eigenvalue weighted by Crippen LogP contribution is 2.40. The smallest absolute Gasteiger partial charge is 0.295 e. The number of carbonyl (C=O) groups is 2. The third kappa shape index (κ3) is 4.60. The van der Waals surface area contributed by atoms with E-state index in [2.05, 4.69) is 0 Å². The minimum atomic E-state index is -0.798. The Kier molecular flexibility index (Phi) is 7.00. The van der Waals surface area contributed by atoms with Crippen LogP contribution in [-0.2, 0) is 14.3 Å². The Bertz CT molecular complexity index is 1030. The second-order valence-corrected chi connectivity index (χ2v) is 8.04. The van der Waals surface area contributed by atoms with Crippen LogP contribution in [0.4, 0.5) is 0 Å². The number of aliphatic hydroxyl groups excluding tert-OH is 1. The van der Waals surface area contributed by atoms with E-state index in [1.165, 1.54) is 30.3 Å². The van der Waals surface area contributed by atoms with E-state index in [4.69, 9.17) is 18.6 Å². The predicted octanol–water partition coefficient (Wildman–Crippen LogP) is 1.02. The van der Waals surface area contributed by atoms with Crippen molar-refractivity contribution in [3.05, 3.63) is 53.5 Å². The van der Waals surface area contributed by atoms with Crippen LogP contribution < -0.4 is 14.4 Å². The van der Waals surface area contributed by atoms with Gasteiger partial charge in [-0.3, -0.25) is 9.59 Å². The van der Waals surface area contributed by atoms with E-state index >= 15 is 0 Å². The zero-order valence-corrected chi connectivity index (χ0v) is 18.8. The van der Waals surface area contributed by atoms with Crippen LogP contribution >= 0.6 is 0 Å². The van der Waals surface area contributed by atoms with Gasteiger partial charge in [-0.1, -0.05) is 0 Å². The topological polar surface area (TPSA) is 103 Å². The van der Waals surface area contributed by atoms with Crippen LogP contribution in [0.15, 0.2) is 46.6 Å². The van der Waals surface area contributed by atoms with Crippen molar-refractivity contribution in [2.45, 2.75) is 12.5 Å². The molecule has 1 aromatic carbocycles. The van der Waals surface area contributed by atoms with Crippen molar-refractivity contribution in [1.82, 2.24) is 4.90 Å². The average molecular weight is 458 g/mol. The second-order valence-electron chi connectivity index (χ2n) is 8.04. The Morgan fingerprint density at radius 2 is 1.91 bits per heavy atom. The van der Waals surface area contributed by atoms with E-state index in [0.29, 0.717) is 29.4 Å². The Morgan fingerprint density at radius 3 is 2.58 bits per heavy atom. The molecule has 4 rings (SSSR count). The lowest BCUT2D eigenvalue weighted by atomic mass is 9.99. The Morgan fingerprint density at radius 1 is 1.15 bits per heavy atom. The summed E-state index contributed by atoms with van der Waals surface area (Å²) in [5.41, 5.74) is 0.348. The van der Waals surface area contributed by atoms with Gasteiger partial charge in [-0.2, -0.15) is 0 Å². The number of aliphatic hydroxyl groups is 1. The first-order chi connectivity index (χ1) is 16.0. The second kappa shape index (κ2) is 10.1. The molecule has 3 heterocycles. The lowest BCUT2D eigenvalue weighted by Crippen LogP contribution is -3.14. The summed E-state index contributed by atoms with van der Waals surface area (Å²) < 4.78 is 21.5. The molecule has 2 aliphatic rings. The summed E-state index contributed by atoms with van der Waals surface area (Å²) in [7, 11) is 3.00. The van der Waals surface area contributed by atoms with E-state index in [9.17, 15) is 14.7 Å². The summed E-state index contributed by atoms with van der Waals surface area (Å²) >= 11 is 0. The standard InChI is InChI=1S/C24H28N2O7/c1-30-17-7-6-16(15-19(17)31-2)22(27)20-21(18-5-3-12-33-18)26(24(29)23(20)28)9-4-8-25-10-13-32-14-11-25/h3,5-7,12,15,21,27H,4,8-11,13-14H2,1-2H3/p+1/t21-/m1/s1. The molecule has 0 bridgehead atoms. The van der Waals surface area contributed by atoms with Crippen molar-refractivity contribution in [2.75, 3.05) is 53.6 Å². The van der Waals surface area contributed by atoms with Gasteiger partial charge in [0.2, 0.25) is 0 Å². The number of morpholine rings is 1. The van der Waals surface area contributed by atoms with Crippen LogP contribution in [0, 0.1) is 0 Å². The SMILES string of the molecule is COc1ccc(C(O)=C2C(=O)C(=O)N(CCC[NH+]3CCOCC3)[C@@H]2c2ccco2)cc1OC. The molecule has 2 fully saturated rings. The number of benzene rings is 1. The molecule has 1 amide bonds. The Balaban J connectivity index is 1.65. The third-order valence-corrected chi connectivity index (χ3v) is 6.14. The summed E-state index contributed by atoms with van der Waals surface area (Å²) in [6.07, 6.45) is 2.21. The number of rotatable bonds is 8. The number of ether oxygens (including phenoxy) is 3. The molecule has 176 valence electrons. The zero-order valence-electron chi connectivity index (χ0n) is 18.8. The van der Waals surface area contributed by atoms with Crippen LogP contribution in [0.3, 0.4) is 0 Å². The van der Waals surface area contributed by atoms with E-state index in [1.54, 1.807) is 30.3 Å². The molecule has 2 aromatic rings. The summed E-state index contributed by atoms with van der Waals surface area (Å²) in [6, 6.07) is 7.43. The summed E-state index contributed by atoms with van der Waals surface area (Å²) in [4.78, 5) is 28.9. The summed E-state index contributed by atoms with van der Waals surface area (Å²) in [6.45, 7) is 4.57. The molecule has 0 spiro atoms. The number of furan rings is 1. The van der Waals surface area contributed by atoms with Gasteiger partial charge in [0.15, 0.2) is 11.5 Å². The number of amides is 1. The number of hydrogen-bond acceptors (Lipinski definition) is 7. The molecule has 2 saturated heterocycles. The van der Waals surface area contributed by atoms with Crippen molar-refractivity contribution in [2.24, 2.45) is 0 Å². The minimum Gasteiger partial charge on any atom is -0.507 e.